The Labute approximate surface area is 135 Å². The molecule has 3 N–H and O–H groups in total. The molecule has 1 aromatic rings. The maximum atomic E-state index is 11.8. The number of amides is 2. The summed E-state index contributed by atoms with van der Waals surface area (Å²) in [5.41, 5.74) is -0.915. The van der Waals surface area contributed by atoms with Crippen molar-refractivity contribution >= 4 is 39.3 Å². The van der Waals surface area contributed by atoms with Crippen molar-refractivity contribution in [1.82, 2.24) is 10.6 Å². The number of carboxylic acids is 1. The van der Waals surface area contributed by atoms with Gasteiger partial charge < -0.3 is 20.5 Å². The van der Waals surface area contributed by atoms with Gasteiger partial charge in [-0.05, 0) is 40.9 Å². The predicted octanol–water partition coefficient (Wildman–Crippen LogP) is 2.19. The van der Waals surface area contributed by atoms with Crippen molar-refractivity contribution in [3.05, 3.63) is 20.8 Å². The van der Waals surface area contributed by atoms with Crippen LogP contribution in [0.15, 0.2) is 15.9 Å². The first-order chi connectivity index (χ1) is 10.0. The average Bonchev–Trinajstić information content (AvgIpc) is 2.89. The maximum Gasteiger partial charge on any atom is 0.315 e. The van der Waals surface area contributed by atoms with E-state index < -0.39 is 11.4 Å². The molecule has 6 nitrogen and oxygen atoms in total. The van der Waals surface area contributed by atoms with Crippen LogP contribution in [-0.4, -0.2) is 36.9 Å². The van der Waals surface area contributed by atoms with Crippen LogP contribution in [0.1, 0.15) is 17.7 Å². The van der Waals surface area contributed by atoms with Crippen LogP contribution in [0.4, 0.5) is 4.79 Å². The summed E-state index contributed by atoms with van der Waals surface area (Å²) in [6.45, 7) is 1.37. The molecule has 8 heteroatoms. The fraction of sp³-hybridized carbons (Fsp3) is 0.538. The molecule has 1 aliphatic rings. The van der Waals surface area contributed by atoms with E-state index in [1.807, 2.05) is 12.1 Å². The third-order valence-corrected chi connectivity index (χ3v) is 5.17. The van der Waals surface area contributed by atoms with Gasteiger partial charge in [0.25, 0.3) is 0 Å². The van der Waals surface area contributed by atoms with Gasteiger partial charge in [-0.15, -0.1) is 11.3 Å². The van der Waals surface area contributed by atoms with Gasteiger partial charge in [-0.25, -0.2) is 4.79 Å². The molecule has 2 rings (SSSR count). The third kappa shape index (κ3) is 4.42. The lowest BCUT2D eigenvalue weighted by Crippen LogP contribution is -2.48. The number of halogens is 1. The number of urea groups is 1. The number of hydrogen-bond donors (Lipinski definition) is 3. The lowest BCUT2D eigenvalue weighted by molar-refractivity contribution is -0.154. The number of ether oxygens (including phenoxy) is 1. The van der Waals surface area contributed by atoms with Gasteiger partial charge in [0.1, 0.15) is 0 Å². The van der Waals surface area contributed by atoms with Crippen LogP contribution in [-0.2, 0) is 16.1 Å². The number of thiophene rings is 1. The molecular formula is C13H17BrN2O4S. The van der Waals surface area contributed by atoms with Crippen LogP contribution >= 0.6 is 27.3 Å². The molecule has 0 spiro atoms. The molecule has 0 saturated carbocycles. The molecule has 116 valence electrons. The normalized spacial score (nSPS) is 17.2. The number of carbonyl (C=O) groups is 2. The predicted molar refractivity (Wildman–Crippen MR) is 82.4 cm³/mol. The Balaban J connectivity index is 1.80. The quantitative estimate of drug-likeness (QED) is 0.734. The number of carbonyl (C=O) groups excluding carboxylic acids is 1. The van der Waals surface area contributed by atoms with Crippen molar-refractivity contribution in [2.24, 2.45) is 5.41 Å². The Hall–Kier alpha value is -1.12. The topological polar surface area (TPSA) is 87.7 Å². The summed E-state index contributed by atoms with van der Waals surface area (Å²) < 4.78 is 6.20. The lowest BCUT2D eigenvalue weighted by Gasteiger charge is -2.33. The van der Waals surface area contributed by atoms with Crippen molar-refractivity contribution < 1.29 is 19.4 Å². The Morgan fingerprint density at radius 3 is 2.62 bits per heavy atom. The second-order valence-electron chi connectivity index (χ2n) is 4.94. The van der Waals surface area contributed by atoms with Crippen LogP contribution in [0.25, 0.3) is 0 Å². The molecule has 21 heavy (non-hydrogen) atoms. The lowest BCUT2D eigenvalue weighted by atomic mass is 9.80. The smallest absolute Gasteiger partial charge is 0.315 e. The second-order valence-corrected chi connectivity index (χ2v) is 7.49. The van der Waals surface area contributed by atoms with E-state index in [2.05, 4.69) is 26.6 Å². The molecule has 0 aromatic carbocycles. The van der Waals surface area contributed by atoms with E-state index in [-0.39, 0.29) is 12.6 Å². The molecule has 1 aromatic heterocycles. The summed E-state index contributed by atoms with van der Waals surface area (Å²) in [7, 11) is 0. The molecule has 1 aliphatic heterocycles. The number of rotatable bonds is 5. The van der Waals surface area contributed by atoms with Crippen LogP contribution in [0, 0.1) is 5.41 Å². The maximum absolute atomic E-state index is 11.8. The minimum Gasteiger partial charge on any atom is -0.481 e. The average molecular weight is 377 g/mol. The van der Waals surface area contributed by atoms with Crippen molar-refractivity contribution in [2.45, 2.75) is 19.4 Å². The number of nitrogens with one attached hydrogen (secondary N) is 2. The van der Waals surface area contributed by atoms with Crippen LogP contribution in [0.2, 0.25) is 0 Å². The summed E-state index contributed by atoms with van der Waals surface area (Å²) in [6, 6.07) is 3.49. The summed E-state index contributed by atoms with van der Waals surface area (Å²) in [6.07, 6.45) is 0.834. The SMILES string of the molecule is O=C(NCc1ccc(Br)s1)NCC1(C(=O)O)CCOCC1. The van der Waals surface area contributed by atoms with E-state index in [4.69, 9.17) is 4.74 Å². The van der Waals surface area contributed by atoms with E-state index in [1.54, 1.807) is 11.3 Å². The highest BCUT2D eigenvalue weighted by Crippen LogP contribution is 2.30. The van der Waals surface area contributed by atoms with Gasteiger partial charge in [-0.1, -0.05) is 0 Å². The zero-order chi connectivity index (χ0) is 15.3. The van der Waals surface area contributed by atoms with Crippen molar-refractivity contribution in [1.29, 1.82) is 0 Å². The van der Waals surface area contributed by atoms with E-state index in [9.17, 15) is 14.7 Å². The first kappa shape index (κ1) is 16.3. The molecule has 1 saturated heterocycles. The van der Waals surface area contributed by atoms with E-state index in [1.165, 1.54) is 0 Å². The summed E-state index contributed by atoms with van der Waals surface area (Å²) in [4.78, 5) is 24.2. The number of carboxylic acid groups (broad SMARTS) is 1. The van der Waals surface area contributed by atoms with Crippen molar-refractivity contribution in [2.75, 3.05) is 19.8 Å². The molecular weight excluding hydrogens is 360 g/mol. The van der Waals surface area contributed by atoms with Gasteiger partial charge >= 0.3 is 12.0 Å². The number of hydrogen-bond acceptors (Lipinski definition) is 4. The van der Waals surface area contributed by atoms with Crippen molar-refractivity contribution in [3.8, 4) is 0 Å². The first-order valence-electron chi connectivity index (χ1n) is 6.59. The fourth-order valence-corrected chi connectivity index (χ4v) is 3.58. The highest BCUT2D eigenvalue weighted by Gasteiger charge is 2.40. The minimum atomic E-state index is -0.915. The standard InChI is InChI=1S/C13H17BrN2O4S/c14-10-2-1-9(21-10)7-15-12(19)16-8-13(11(17)18)3-5-20-6-4-13/h1-2H,3-8H2,(H,17,18)(H2,15,16,19). The molecule has 0 radical (unpaired) electrons. The Bertz CT molecular complexity index is 514. The molecule has 1 fully saturated rings. The molecule has 0 bridgehead atoms. The fourth-order valence-electron chi connectivity index (χ4n) is 2.15. The van der Waals surface area contributed by atoms with Gasteiger partial charge in [-0.2, -0.15) is 0 Å². The summed E-state index contributed by atoms with van der Waals surface area (Å²) >= 11 is 4.90. The van der Waals surface area contributed by atoms with Gasteiger partial charge in [-0.3, -0.25) is 4.79 Å². The number of aliphatic carboxylic acids is 1. The Kier molecular flexibility index (Phi) is 5.60. The Morgan fingerprint density at radius 2 is 2.05 bits per heavy atom. The molecule has 2 amide bonds. The highest BCUT2D eigenvalue weighted by molar-refractivity contribution is 9.11. The van der Waals surface area contributed by atoms with Crippen LogP contribution in [0.3, 0.4) is 0 Å². The van der Waals surface area contributed by atoms with Gasteiger partial charge in [0.2, 0.25) is 0 Å². The van der Waals surface area contributed by atoms with Crippen LogP contribution < -0.4 is 10.6 Å². The van der Waals surface area contributed by atoms with Gasteiger partial charge in [0.05, 0.1) is 15.7 Å². The van der Waals surface area contributed by atoms with E-state index >= 15 is 0 Å². The molecule has 2 heterocycles. The third-order valence-electron chi connectivity index (χ3n) is 3.54. The zero-order valence-corrected chi connectivity index (χ0v) is 13.8. The molecule has 0 aliphatic carbocycles. The minimum absolute atomic E-state index is 0.117. The summed E-state index contributed by atoms with van der Waals surface area (Å²) in [5.74, 6) is -0.881. The monoisotopic (exact) mass is 376 g/mol. The van der Waals surface area contributed by atoms with Crippen LogP contribution in [0.5, 0.6) is 0 Å². The first-order valence-corrected chi connectivity index (χ1v) is 8.20. The van der Waals surface area contributed by atoms with Gasteiger partial charge in [0.15, 0.2) is 0 Å². The molecule has 0 atom stereocenters. The Morgan fingerprint density at radius 1 is 1.33 bits per heavy atom. The molecule has 0 unspecified atom stereocenters. The highest BCUT2D eigenvalue weighted by atomic mass is 79.9. The summed E-state index contributed by atoms with van der Waals surface area (Å²) in [5, 5.41) is 14.8. The van der Waals surface area contributed by atoms with E-state index in [0.29, 0.717) is 32.6 Å². The van der Waals surface area contributed by atoms with E-state index in [0.717, 1.165) is 8.66 Å². The van der Waals surface area contributed by atoms with Crippen molar-refractivity contribution in [3.63, 3.8) is 0 Å². The largest absolute Gasteiger partial charge is 0.481 e. The van der Waals surface area contributed by atoms with Gasteiger partial charge in [0, 0.05) is 24.6 Å². The second kappa shape index (κ2) is 7.24. The zero-order valence-electron chi connectivity index (χ0n) is 11.4.